The van der Waals surface area contributed by atoms with Crippen molar-refractivity contribution in [1.29, 1.82) is 0 Å². The first-order chi connectivity index (χ1) is 18.8. The minimum Gasteiger partial charge on any atom is -0.351 e. The lowest BCUT2D eigenvalue weighted by Crippen LogP contribution is -2.28. The molecule has 1 aliphatic carbocycles. The summed E-state index contributed by atoms with van der Waals surface area (Å²) in [7, 11) is 4.27. The van der Waals surface area contributed by atoms with E-state index in [-0.39, 0.29) is 5.56 Å². The highest BCUT2D eigenvalue weighted by molar-refractivity contribution is 6.33. The molecule has 1 fully saturated rings. The molecule has 39 heavy (non-hydrogen) atoms. The summed E-state index contributed by atoms with van der Waals surface area (Å²) >= 11 is 6.71. The molecule has 204 valence electrons. The lowest BCUT2D eigenvalue weighted by atomic mass is 9.84. The molecule has 3 heterocycles. The predicted molar refractivity (Wildman–Crippen MR) is 158 cm³/mol. The molecule has 3 aromatic heterocycles. The topological polar surface area (TPSA) is 88.8 Å². The maximum atomic E-state index is 13.6. The van der Waals surface area contributed by atoms with E-state index in [1.54, 1.807) is 23.2 Å². The number of anilines is 1. The summed E-state index contributed by atoms with van der Waals surface area (Å²) in [5.41, 5.74) is 4.12. The van der Waals surface area contributed by atoms with Crippen LogP contribution in [0.3, 0.4) is 0 Å². The first kappa shape index (κ1) is 27.2. The highest BCUT2D eigenvalue weighted by Crippen LogP contribution is 2.32. The molecule has 1 saturated carbocycles. The van der Waals surface area contributed by atoms with Gasteiger partial charge in [-0.25, -0.2) is 9.97 Å². The van der Waals surface area contributed by atoms with Crippen LogP contribution in [0, 0.1) is 12.8 Å². The zero-order valence-electron chi connectivity index (χ0n) is 23.1. The number of rotatable bonds is 8. The van der Waals surface area contributed by atoms with Crippen molar-refractivity contribution >= 4 is 28.6 Å². The Bertz CT molecular complexity index is 1530. The Kier molecular flexibility index (Phi) is 8.23. The molecular formula is C30H36ClN7O. The van der Waals surface area contributed by atoms with Gasteiger partial charge >= 0.3 is 0 Å². The van der Waals surface area contributed by atoms with Gasteiger partial charge in [-0.1, -0.05) is 23.7 Å². The average molecular weight is 546 g/mol. The number of fused-ring (bicyclic) bond motifs is 1. The van der Waals surface area contributed by atoms with Crippen molar-refractivity contribution < 1.29 is 0 Å². The molecular weight excluding hydrogens is 510 g/mol. The summed E-state index contributed by atoms with van der Waals surface area (Å²) in [5, 5.41) is 4.81. The quantitative estimate of drug-likeness (QED) is 0.298. The number of benzene rings is 1. The molecule has 0 spiro atoms. The second-order valence-corrected chi connectivity index (χ2v) is 11.2. The third-order valence-corrected chi connectivity index (χ3v) is 7.93. The molecule has 8 nitrogen and oxygen atoms in total. The standard InChI is InChI=1S/C30H36ClN7O/c1-5-38-28-22(17-33-30(36-28)35-23-9-6-20(7-10-23)12-13-37(3)4)14-25(29(38)39)24-11-8-21(15-26(24)31)27-18-32-16-19(2)34-27/h8,11,14-18,20,23H,5-7,9-10,12-13H2,1-4H3,(H,33,35,36). The van der Waals surface area contributed by atoms with E-state index >= 15 is 0 Å². The molecule has 0 bridgehead atoms. The van der Waals surface area contributed by atoms with Gasteiger partial charge in [0.15, 0.2) is 0 Å². The molecule has 1 N–H and O–H groups in total. The van der Waals surface area contributed by atoms with Crippen molar-refractivity contribution in [1.82, 2.24) is 29.4 Å². The van der Waals surface area contributed by atoms with E-state index in [2.05, 4.69) is 39.3 Å². The fourth-order valence-electron chi connectivity index (χ4n) is 5.43. The van der Waals surface area contributed by atoms with Gasteiger partial charge in [-0.15, -0.1) is 0 Å². The number of hydrogen-bond donors (Lipinski definition) is 1. The molecule has 4 aromatic rings. The van der Waals surface area contributed by atoms with Gasteiger partial charge in [0.05, 0.1) is 17.6 Å². The van der Waals surface area contributed by atoms with Crippen molar-refractivity contribution in [2.75, 3.05) is 26.0 Å². The van der Waals surface area contributed by atoms with E-state index in [0.717, 1.165) is 47.6 Å². The number of pyridine rings is 1. The number of hydrogen-bond acceptors (Lipinski definition) is 7. The summed E-state index contributed by atoms with van der Waals surface area (Å²) in [6.45, 7) is 5.49. The average Bonchev–Trinajstić information content (AvgIpc) is 2.92. The van der Waals surface area contributed by atoms with Gasteiger partial charge in [0, 0.05) is 52.1 Å². The van der Waals surface area contributed by atoms with Crippen molar-refractivity contribution in [2.45, 2.75) is 58.5 Å². The fraction of sp³-hybridized carbons (Fsp3) is 0.433. The van der Waals surface area contributed by atoms with Crippen LogP contribution in [0.1, 0.15) is 44.7 Å². The number of nitrogens with one attached hydrogen (secondary N) is 1. The Morgan fingerprint density at radius 3 is 2.54 bits per heavy atom. The second kappa shape index (κ2) is 11.8. The van der Waals surface area contributed by atoms with E-state index in [4.69, 9.17) is 16.6 Å². The zero-order chi connectivity index (χ0) is 27.5. The summed E-state index contributed by atoms with van der Waals surface area (Å²) < 4.78 is 1.70. The molecule has 0 atom stereocenters. The molecule has 0 radical (unpaired) electrons. The fourth-order valence-corrected chi connectivity index (χ4v) is 5.71. The molecule has 1 aromatic carbocycles. The molecule has 0 saturated heterocycles. The largest absolute Gasteiger partial charge is 0.351 e. The number of aromatic nitrogens is 5. The molecule has 0 amide bonds. The normalized spacial score (nSPS) is 17.6. The highest BCUT2D eigenvalue weighted by Gasteiger charge is 2.22. The Morgan fingerprint density at radius 2 is 1.85 bits per heavy atom. The minimum atomic E-state index is -0.124. The van der Waals surface area contributed by atoms with Crippen LogP contribution >= 0.6 is 11.6 Å². The smallest absolute Gasteiger partial charge is 0.260 e. The Hall–Kier alpha value is -3.36. The molecule has 9 heteroatoms. The third-order valence-electron chi connectivity index (χ3n) is 7.62. The minimum absolute atomic E-state index is 0.124. The Labute approximate surface area is 234 Å². The first-order valence-corrected chi connectivity index (χ1v) is 14.1. The van der Waals surface area contributed by atoms with E-state index in [0.29, 0.717) is 40.3 Å². The number of halogens is 1. The lowest BCUT2D eigenvalue weighted by molar-refractivity contribution is 0.281. The van der Waals surface area contributed by atoms with E-state index in [1.807, 2.05) is 38.1 Å². The van der Waals surface area contributed by atoms with E-state index in [9.17, 15) is 4.79 Å². The van der Waals surface area contributed by atoms with Crippen molar-refractivity contribution in [3.05, 3.63) is 63.9 Å². The van der Waals surface area contributed by atoms with Gasteiger partial charge in [-0.05, 0) is 84.6 Å². The lowest BCUT2D eigenvalue weighted by Gasteiger charge is -2.29. The van der Waals surface area contributed by atoms with Crippen molar-refractivity contribution in [2.24, 2.45) is 5.92 Å². The molecule has 0 unspecified atom stereocenters. The molecule has 5 rings (SSSR count). The van der Waals surface area contributed by atoms with Crippen LogP contribution in [0.15, 0.2) is 47.7 Å². The van der Waals surface area contributed by atoms with Gasteiger partial charge in [0.1, 0.15) is 5.65 Å². The van der Waals surface area contributed by atoms with Gasteiger partial charge in [0.25, 0.3) is 5.56 Å². The summed E-state index contributed by atoms with van der Waals surface area (Å²) in [4.78, 5) is 34.0. The van der Waals surface area contributed by atoms with Gasteiger partial charge in [-0.3, -0.25) is 14.3 Å². The Morgan fingerprint density at radius 1 is 1.05 bits per heavy atom. The van der Waals surface area contributed by atoms with Crippen LogP contribution in [0.5, 0.6) is 0 Å². The number of nitrogens with zero attached hydrogens (tertiary/aromatic N) is 6. The summed E-state index contributed by atoms with van der Waals surface area (Å²) in [6, 6.07) is 7.82. The summed E-state index contributed by atoms with van der Waals surface area (Å²) in [5.74, 6) is 1.37. The van der Waals surface area contributed by atoms with Crippen LogP contribution in [-0.2, 0) is 6.54 Å². The van der Waals surface area contributed by atoms with E-state index < -0.39 is 0 Å². The van der Waals surface area contributed by atoms with Crippen LogP contribution in [0.4, 0.5) is 5.95 Å². The highest BCUT2D eigenvalue weighted by atomic mass is 35.5. The predicted octanol–water partition coefficient (Wildman–Crippen LogP) is 5.82. The Balaban J connectivity index is 1.39. The van der Waals surface area contributed by atoms with Crippen molar-refractivity contribution in [3.8, 4) is 22.4 Å². The van der Waals surface area contributed by atoms with Crippen LogP contribution in [0.2, 0.25) is 5.02 Å². The van der Waals surface area contributed by atoms with Crippen LogP contribution in [0.25, 0.3) is 33.4 Å². The SMILES string of the molecule is CCn1c(=O)c(-c2ccc(-c3cncc(C)n3)cc2Cl)cc2cnc(NC3CCC(CCN(C)C)CC3)nc21. The third kappa shape index (κ3) is 6.12. The van der Waals surface area contributed by atoms with E-state index in [1.165, 1.54) is 19.3 Å². The second-order valence-electron chi connectivity index (χ2n) is 10.8. The van der Waals surface area contributed by atoms with Gasteiger partial charge in [0.2, 0.25) is 5.95 Å². The van der Waals surface area contributed by atoms with Crippen LogP contribution in [-0.4, -0.2) is 56.1 Å². The summed E-state index contributed by atoms with van der Waals surface area (Å²) in [6.07, 6.45) is 11.1. The zero-order valence-corrected chi connectivity index (χ0v) is 23.9. The molecule has 0 aliphatic heterocycles. The van der Waals surface area contributed by atoms with Crippen molar-refractivity contribution in [3.63, 3.8) is 0 Å². The maximum Gasteiger partial charge on any atom is 0.260 e. The van der Waals surface area contributed by atoms with Gasteiger partial charge < -0.3 is 10.2 Å². The monoisotopic (exact) mass is 545 g/mol. The van der Waals surface area contributed by atoms with Gasteiger partial charge in [-0.2, -0.15) is 4.98 Å². The number of aryl methyl sites for hydroxylation is 2. The first-order valence-electron chi connectivity index (χ1n) is 13.7. The van der Waals surface area contributed by atoms with Crippen LogP contribution < -0.4 is 10.9 Å². The maximum absolute atomic E-state index is 13.6. The molecule has 1 aliphatic rings.